The van der Waals surface area contributed by atoms with E-state index in [2.05, 4.69) is 38.2 Å². The molecule has 3 N–H and O–H groups in total. The zero-order valence-electron chi connectivity index (χ0n) is 13.5. The molecule has 1 atom stereocenters. The summed E-state index contributed by atoms with van der Waals surface area (Å²) in [6.45, 7) is 6.22. The van der Waals surface area contributed by atoms with Crippen LogP contribution in [0.5, 0.6) is 0 Å². The summed E-state index contributed by atoms with van der Waals surface area (Å²) in [5, 5.41) is 3.54. The number of carbonyl (C=O) groups excluding carboxylic acids is 1. The van der Waals surface area contributed by atoms with Gasteiger partial charge in [-0.05, 0) is 50.3 Å². The van der Waals surface area contributed by atoms with Crippen molar-refractivity contribution in [3.8, 4) is 0 Å². The van der Waals surface area contributed by atoms with Crippen LogP contribution in [0, 0.1) is 20.8 Å². The Morgan fingerprint density at radius 2 is 1.62 bits per heavy atom. The average Bonchev–Trinajstić information content (AvgIpc) is 2.64. The Bertz CT molecular complexity index is 479. The molecule has 1 aromatic carbocycles. The third-order valence-corrected chi connectivity index (χ3v) is 4.57. The highest BCUT2D eigenvalue weighted by Gasteiger charge is 2.25. The van der Waals surface area contributed by atoms with Crippen molar-refractivity contribution in [3.63, 3.8) is 0 Å². The molecule has 21 heavy (non-hydrogen) atoms. The van der Waals surface area contributed by atoms with Crippen LogP contribution in [0.1, 0.15) is 66.8 Å². The summed E-state index contributed by atoms with van der Waals surface area (Å²) in [7, 11) is 0. The second-order valence-electron chi connectivity index (χ2n) is 6.50. The molecule has 3 nitrogen and oxygen atoms in total. The smallest absolute Gasteiger partial charge is 0.239 e. The van der Waals surface area contributed by atoms with Crippen LogP contribution >= 0.6 is 0 Å². The molecule has 1 unspecified atom stereocenters. The van der Waals surface area contributed by atoms with E-state index in [-0.39, 0.29) is 11.9 Å². The van der Waals surface area contributed by atoms with Gasteiger partial charge in [-0.3, -0.25) is 10.1 Å². The van der Waals surface area contributed by atoms with Gasteiger partial charge in [-0.15, -0.1) is 0 Å². The van der Waals surface area contributed by atoms with E-state index in [9.17, 15) is 4.79 Å². The molecule has 116 valence electrons. The Balaban J connectivity index is 2.25. The molecule has 3 heteroatoms. The number of aryl methyl sites for hydroxylation is 3. The maximum absolute atomic E-state index is 12.0. The van der Waals surface area contributed by atoms with Crippen LogP contribution in [-0.2, 0) is 4.79 Å². The minimum atomic E-state index is -0.367. The van der Waals surface area contributed by atoms with Gasteiger partial charge in [0.25, 0.3) is 0 Å². The summed E-state index contributed by atoms with van der Waals surface area (Å²) in [6.07, 6.45) is 7.40. The number of nitrogens with two attached hydrogens (primary N) is 1. The first kappa shape index (κ1) is 16.0. The van der Waals surface area contributed by atoms with E-state index in [1.807, 2.05) is 0 Å². The lowest BCUT2D eigenvalue weighted by molar-refractivity contribution is -0.120. The maximum Gasteiger partial charge on any atom is 0.239 e. The Labute approximate surface area is 128 Å². The monoisotopic (exact) mass is 288 g/mol. The number of amides is 1. The van der Waals surface area contributed by atoms with E-state index in [0.717, 1.165) is 29.5 Å². The van der Waals surface area contributed by atoms with Crippen molar-refractivity contribution in [1.82, 2.24) is 5.32 Å². The molecule has 1 saturated carbocycles. The number of benzene rings is 1. The number of hydrogen-bond donors (Lipinski definition) is 2. The predicted molar refractivity (Wildman–Crippen MR) is 87.2 cm³/mol. The van der Waals surface area contributed by atoms with Gasteiger partial charge in [0.05, 0.1) is 0 Å². The molecule has 1 fully saturated rings. The van der Waals surface area contributed by atoms with Crippen LogP contribution in [0.4, 0.5) is 0 Å². The van der Waals surface area contributed by atoms with Gasteiger partial charge in [-0.2, -0.15) is 0 Å². The highest BCUT2D eigenvalue weighted by atomic mass is 16.1. The Morgan fingerprint density at radius 3 is 2.10 bits per heavy atom. The van der Waals surface area contributed by atoms with Crippen LogP contribution < -0.4 is 11.1 Å². The van der Waals surface area contributed by atoms with Crippen molar-refractivity contribution in [3.05, 3.63) is 34.4 Å². The molecule has 2 rings (SSSR count). The molecule has 0 aromatic heterocycles. The first-order valence-corrected chi connectivity index (χ1v) is 8.12. The Kier molecular flexibility index (Phi) is 5.40. The van der Waals surface area contributed by atoms with E-state index in [0.29, 0.717) is 6.04 Å². The van der Waals surface area contributed by atoms with Gasteiger partial charge < -0.3 is 5.73 Å². The average molecular weight is 288 g/mol. The van der Waals surface area contributed by atoms with Crippen LogP contribution in [0.15, 0.2) is 12.1 Å². The molecular weight excluding hydrogens is 260 g/mol. The summed E-state index contributed by atoms with van der Waals surface area (Å²) in [5.74, 6) is -0.269. The number of primary amides is 1. The fourth-order valence-electron chi connectivity index (χ4n) is 3.64. The summed E-state index contributed by atoms with van der Waals surface area (Å²) < 4.78 is 0. The molecule has 0 aliphatic heterocycles. The SMILES string of the molecule is Cc1cc(C)c(C(NC2CCCCCC2)C(N)=O)c(C)c1. The van der Waals surface area contributed by atoms with Crippen LogP contribution in [0.3, 0.4) is 0 Å². The third-order valence-electron chi connectivity index (χ3n) is 4.57. The van der Waals surface area contributed by atoms with Crippen molar-refractivity contribution in [2.24, 2.45) is 5.73 Å². The van der Waals surface area contributed by atoms with Gasteiger partial charge in [0.2, 0.25) is 5.91 Å². The van der Waals surface area contributed by atoms with E-state index in [4.69, 9.17) is 5.73 Å². The lowest BCUT2D eigenvalue weighted by atomic mass is 9.92. The molecule has 1 amide bonds. The molecule has 1 aromatic rings. The first-order chi connectivity index (χ1) is 9.99. The number of nitrogens with one attached hydrogen (secondary N) is 1. The van der Waals surface area contributed by atoms with Crippen molar-refractivity contribution in [1.29, 1.82) is 0 Å². The van der Waals surface area contributed by atoms with Crippen molar-refractivity contribution in [2.75, 3.05) is 0 Å². The molecule has 0 heterocycles. The quantitative estimate of drug-likeness (QED) is 0.834. The lowest BCUT2D eigenvalue weighted by Gasteiger charge is -2.26. The number of hydrogen-bond acceptors (Lipinski definition) is 2. The molecule has 1 aliphatic rings. The summed E-state index contributed by atoms with van der Waals surface area (Å²) in [5.41, 5.74) is 10.3. The predicted octanol–water partition coefficient (Wildman–Crippen LogP) is 3.45. The second-order valence-corrected chi connectivity index (χ2v) is 6.50. The summed E-state index contributed by atoms with van der Waals surface area (Å²) in [6, 6.07) is 4.30. The Hall–Kier alpha value is -1.35. The summed E-state index contributed by atoms with van der Waals surface area (Å²) in [4.78, 5) is 12.0. The minimum absolute atomic E-state index is 0.269. The third kappa shape index (κ3) is 4.07. The number of rotatable bonds is 4. The van der Waals surface area contributed by atoms with Gasteiger partial charge in [-0.1, -0.05) is 43.4 Å². The standard InChI is InChI=1S/C18H28N2O/c1-12-10-13(2)16(14(3)11-12)17(18(19)21)20-15-8-6-4-5-7-9-15/h10-11,15,17,20H,4-9H2,1-3H3,(H2,19,21). The highest BCUT2D eigenvalue weighted by molar-refractivity contribution is 5.82. The van der Waals surface area contributed by atoms with Crippen molar-refractivity contribution in [2.45, 2.75) is 71.4 Å². The van der Waals surface area contributed by atoms with Gasteiger partial charge in [0, 0.05) is 6.04 Å². The van der Waals surface area contributed by atoms with E-state index < -0.39 is 0 Å². The fourth-order valence-corrected chi connectivity index (χ4v) is 3.64. The van der Waals surface area contributed by atoms with E-state index in [1.54, 1.807) is 0 Å². The molecule has 0 bridgehead atoms. The molecule has 1 aliphatic carbocycles. The molecule has 0 radical (unpaired) electrons. The van der Waals surface area contributed by atoms with Crippen molar-refractivity contribution < 1.29 is 4.79 Å². The maximum atomic E-state index is 12.0. The first-order valence-electron chi connectivity index (χ1n) is 8.12. The largest absolute Gasteiger partial charge is 0.368 e. The molecular formula is C18H28N2O. The molecule has 0 saturated heterocycles. The van der Waals surface area contributed by atoms with Crippen molar-refractivity contribution >= 4 is 5.91 Å². The lowest BCUT2D eigenvalue weighted by Crippen LogP contribution is -2.40. The van der Waals surface area contributed by atoms with Crippen LogP contribution in [-0.4, -0.2) is 11.9 Å². The zero-order valence-corrected chi connectivity index (χ0v) is 13.5. The topological polar surface area (TPSA) is 55.1 Å². The van der Waals surface area contributed by atoms with Gasteiger partial charge in [-0.25, -0.2) is 0 Å². The van der Waals surface area contributed by atoms with Gasteiger partial charge in [0.1, 0.15) is 6.04 Å². The normalized spacial score (nSPS) is 18.2. The van der Waals surface area contributed by atoms with Crippen LogP contribution in [0.25, 0.3) is 0 Å². The van der Waals surface area contributed by atoms with E-state index in [1.165, 1.54) is 31.2 Å². The molecule has 0 spiro atoms. The zero-order chi connectivity index (χ0) is 15.4. The van der Waals surface area contributed by atoms with E-state index >= 15 is 0 Å². The fraction of sp³-hybridized carbons (Fsp3) is 0.611. The number of carbonyl (C=O) groups is 1. The second kappa shape index (κ2) is 7.08. The minimum Gasteiger partial charge on any atom is -0.368 e. The van der Waals surface area contributed by atoms with Crippen LogP contribution in [0.2, 0.25) is 0 Å². The highest BCUT2D eigenvalue weighted by Crippen LogP contribution is 2.26. The Morgan fingerprint density at radius 1 is 1.10 bits per heavy atom. The summed E-state index contributed by atoms with van der Waals surface area (Å²) >= 11 is 0. The van der Waals surface area contributed by atoms with Gasteiger partial charge >= 0.3 is 0 Å². The van der Waals surface area contributed by atoms with Gasteiger partial charge in [0.15, 0.2) is 0 Å².